The molecule has 0 aromatic heterocycles. The van der Waals surface area contributed by atoms with Gasteiger partial charge in [0.15, 0.2) is 6.23 Å². The number of benzene rings is 3. The highest BCUT2D eigenvalue weighted by Gasteiger charge is 2.43. The van der Waals surface area contributed by atoms with Gasteiger partial charge < -0.3 is 14.4 Å². The van der Waals surface area contributed by atoms with E-state index in [2.05, 4.69) is 29.2 Å². The van der Waals surface area contributed by atoms with Gasteiger partial charge in [-0.15, -0.1) is 0 Å². The lowest BCUT2D eigenvalue weighted by Crippen LogP contribution is -2.44. The fourth-order valence-corrected chi connectivity index (χ4v) is 4.73. The van der Waals surface area contributed by atoms with Crippen LogP contribution in [-0.2, 0) is 27.4 Å². The number of cyclic esters (lactones) is 1. The van der Waals surface area contributed by atoms with Gasteiger partial charge in [0, 0.05) is 31.0 Å². The van der Waals surface area contributed by atoms with Gasteiger partial charge in [-0.1, -0.05) is 60.7 Å². The second-order valence-corrected chi connectivity index (χ2v) is 8.88. The van der Waals surface area contributed by atoms with E-state index in [0.29, 0.717) is 26.2 Å². The highest BCUT2D eigenvalue weighted by atomic mass is 16.6. The van der Waals surface area contributed by atoms with Crippen molar-refractivity contribution in [1.29, 1.82) is 0 Å². The number of amides is 2. The Bertz CT molecular complexity index is 1110. The molecule has 2 saturated heterocycles. The molecule has 2 amide bonds. The number of carbonyl (C=O) groups is 2. The number of rotatable bonds is 7. The van der Waals surface area contributed by atoms with Crippen LogP contribution in [0.3, 0.4) is 0 Å². The third kappa shape index (κ3) is 5.06. The van der Waals surface area contributed by atoms with E-state index in [0.717, 1.165) is 22.5 Å². The standard InChI is InChI=1S/C28H29N3O4/c1-21-27(29(18-22-8-4-2-5-9-22)19-23-10-6-3-7-11-23)35-28(33)31(21)25-14-12-24(13-15-25)30-16-17-34-20-26(30)32/h2-15,21,27H,16-20H2,1H3/t21?,27-/m0/s1. The minimum Gasteiger partial charge on any atom is -0.428 e. The SMILES string of the molecule is CC1[C@@H](N(Cc2ccccc2)Cc2ccccc2)OC(=O)N1c1ccc(N2CCOCC2=O)cc1. The van der Waals surface area contributed by atoms with E-state index in [1.54, 1.807) is 9.80 Å². The molecule has 2 fully saturated rings. The number of hydrogen-bond acceptors (Lipinski definition) is 5. The molecular formula is C28H29N3O4. The van der Waals surface area contributed by atoms with Crippen LogP contribution in [0.25, 0.3) is 0 Å². The van der Waals surface area contributed by atoms with Crippen molar-refractivity contribution in [3.63, 3.8) is 0 Å². The first kappa shape index (κ1) is 23.1. The van der Waals surface area contributed by atoms with Crippen LogP contribution in [0.5, 0.6) is 0 Å². The molecule has 0 radical (unpaired) electrons. The van der Waals surface area contributed by atoms with Crippen molar-refractivity contribution in [2.75, 3.05) is 29.6 Å². The summed E-state index contributed by atoms with van der Waals surface area (Å²) in [6.07, 6.45) is -0.785. The average molecular weight is 472 g/mol. The Labute approximate surface area is 205 Å². The van der Waals surface area contributed by atoms with E-state index < -0.39 is 6.23 Å². The molecule has 5 rings (SSSR count). The summed E-state index contributed by atoms with van der Waals surface area (Å²) in [7, 11) is 0. The summed E-state index contributed by atoms with van der Waals surface area (Å²) in [6, 6.07) is 27.7. The molecule has 3 aromatic carbocycles. The Balaban J connectivity index is 1.37. The van der Waals surface area contributed by atoms with Crippen LogP contribution in [0.1, 0.15) is 18.1 Å². The molecule has 180 valence electrons. The Morgan fingerprint density at radius 2 is 1.40 bits per heavy atom. The summed E-state index contributed by atoms with van der Waals surface area (Å²) in [5, 5.41) is 0. The summed E-state index contributed by atoms with van der Waals surface area (Å²) in [5.41, 5.74) is 3.86. The van der Waals surface area contributed by atoms with E-state index in [1.165, 1.54) is 0 Å². The van der Waals surface area contributed by atoms with E-state index in [9.17, 15) is 9.59 Å². The number of morpholine rings is 1. The summed E-state index contributed by atoms with van der Waals surface area (Å²) in [4.78, 5) is 30.8. The van der Waals surface area contributed by atoms with Crippen LogP contribution < -0.4 is 9.80 Å². The zero-order valence-corrected chi connectivity index (χ0v) is 19.7. The zero-order valence-electron chi connectivity index (χ0n) is 19.7. The van der Waals surface area contributed by atoms with Crippen LogP contribution in [0.4, 0.5) is 16.2 Å². The van der Waals surface area contributed by atoms with E-state index >= 15 is 0 Å². The summed E-state index contributed by atoms with van der Waals surface area (Å²) >= 11 is 0. The fraction of sp³-hybridized carbons (Fsp3) is 0.286. The van der Waals surface area contributed by atoms with Crippen LogP contribution in [0, 0.1) is 0 Å². The smallest absolute Gasteiger partial charge is 0.416 e. The second-order valence-electron chi connectivity index (χ2n) is 8.88. The highest BCUT2D eigenvalue weighted by Crippen LogP contribution is 2.32. The molecule has 35 heavy (non-hydrogen) atoms. The van der Waals surface area contributed by atoms with E-state index in [4.69, 9.17) is 9.47 Å². The monoisotopic (exact) mass is 471 g/mol. The molecule has 0 aliphatic carbocycles. The van der Waals surface area contributed by atoms with Gasteiger partial charge in [-0.3, -0.25) is 14.6 Å². The lowest BCUT2D eigenvalue weighted by atomic mass is 10.1. The van der Waals surface area contributed by atoms with Crippen molar-refractivity contribution >= 4 is 23.4 Å². The quantitative estimate of drug-likeness (QED) is 0.510. The molecule has 2 aliphatic rings. The van der Waals surface area contributed by atoms with Crippen LogP contribution in [0.2, 0.25) is 0 Å². The Morgan fingerprint density at radius 3 is 1.97 bits per heavy atom. The van der Waals surface area contributed by atoms with Gasteiger partial charge in [0.25, 0.3) is 5.91 Å². The van der Waals surface area contributed by atoms with E-state index in [-0.39, 0.29) is 24.6 Å². The predicted molar refractivity (Wildman–Crippen MR) is 134 cm³/mol. The predicted octanol–water partition coefficient (Wildman–Crippen LogP) is 4.42. The normalized spacial score (nSPS) is 20.4. The number of anilines is 2. The van der Waals surface area contributed by atoms with Crippen molar-refractivity contribution in [3.8, 4) is 0 Å². The maximum absolute atomic E-state index is 13.0. The molecule has 2 heterocycles. The molecule has 7 nitrogen and oxygen atoms in total. The molecule has 0 spiro atoms. The largest absolute Gasteiger partial charge is 0.428 e. The number of carbonyl (C=O) groups excluding carboxylic acids is 2. The first-order valence-corrected chi connectivity index (χ1v) is 11.9. The third-order valence-corrected chi connectivity index (χ3v) is 6.48. The third-order valence-electron chi connectivity index (χ3n) is 6.48. The molecule has 7 heteroatoms. The molecule has 0 N–H and O–H groups in total. The van der Waals surface area contributed by atoms with Gasteiger partial charge >= 0.3 is 6.09 Å². The Kier molecular flexibility index (Phi) is 6.79. The van der Waals surface area contributed by atoms with Crippen molar-refractivity contribution in [2.24, 2.45) is 0 Å². The van der Waals surface area contributed by atoms with Crippen molar-refractivity contribution in [3.05, 3.63) is 96.1 Å². The molecule has 2 atom stereocenters. The maximum atomic E-state index is 13.0. The van der Waals surface area contributed by atoms with Crippen molar-refractivity contribution in [2.45, 2.75) is 32.3 Å². The Morgan fingerprint density at radius 1 is 0.829 bits per heavy atom. The van der Waals surface area contributed by atoms with Gasteiger partial charge in [0.2, 0.25) is 0 Å². The van der Waals surface area contributed by atoms with Gasteiger partial charge in [0.1, 0.15) is 6.61 Å². The summed E-state index contributed by atoms with van der Waals surface area (Å²) < 4.78 is 11.2. The first-order valence-electron chi connectivity index (χ1n) is 11.9. The highest BCUT2D eigenvalue weighted by molar-refractivity contribution is 5.95. The van der Waals surface area contributed by atoms with E-state index in [1.807, 2.05) is 67.6 Å². The molecule has 0 saturated carbocycles. The van der Waals surface area contributed by atoms with Gasteiger partial charge in [-0.2, -0.15) is 0 Å². The number of hydrogen-bond donors (Lipinski definition) is 0. The van der Waals surface area contributed by atoms with Crippen molar-refractivity contribution < 1.29 is 19.1 Å². The molecule has 1 unspecified atom stereocenters. The summed E-state index contributed by atoms with van der Waals surface area (Å²) in [6.45, 7) is 4.46. The van der Waals surface area contributed by atoms with Gasteiger partial charge in [0.05, 0.1) is 12.6 Å². The van der Waals surface area contributed by atoms with Gasteiger partial charge in [-0.05, 0) is 42.3 Å². The van der Waals surface area contributed by atoms with Crippen molar-refractivity contribution in [1.82, 2.24) is 4.90 Å². The molecule has 0 bridgehead atoms. The molecule has 2 aliphatic heterocycles. The lowest BCUT2D eigenvalue weighted by molar-refractivity contribution is -0.125. The maximum Gasteiger partial charge on any atom is 0.416 e. The number of nitrogens with zero attached hydrogens (tertiary/aromatic N) is 3. The first-order chi connectivity index (χ1) is 17.1. The van der Waals surface area contributed by atoms with Crippen LogP contribution >= 0.6 is 0 Å². The number of ether oxygens (including phenoxy) is 2. The van der Waals surface area contributed by atoms with Crippen LogP contribution in [0.15, 0.2) is 84.9 Å². The molecular weight excluding hydrogens is 442 g/mol. The fourth-order valence-electron chi connectivity index (χ4n) is 4.73. The zero-order chi connectivity index (χ0) is 24.2. The topological polar surface area (TPSA) is 62.3 Å². The van der Waals surface area contributed by atoms with Crippen LogP contribution in [-0.4, -0.2) is 48.9 Å². The molecule has 3 aromatic rings. The van der Waals surface area contributed by atoms with Gasteiger partial charge in [-0.25, -0.2) is 4.79 Å². The lowest BCUT2D eigenvalue weighted by Gasteiger charge is -2.31. The second kappa shape index (κ2) is 10.3. The average Bonchev–Trinajstić information content (AvgIpc) is 3.19. The minimum absolute atomic E-state index is 0.0597. The minimum atomic E-state index is -0.414. The summed E-state index contributed by atoms with van der Waals surface area (Å²) in [5.74, 6) is -0.0597. The Hall–Kier alpha value is -3.68.